The molecule has 5 heteroatoms. The van der Waals surface area contributed by atoms with Crippen LogP contribution >= 0.6 is 12.4 Å². The zero-order valence-electron chi connectivity index (χ0n) is 7.30. The molecule has 0 aromatic heterocycles. The monoisotopic (exact) mass is 221 g/mol. The first-order valence-electron chi connectivity index (χ1n) is 4.06. The quantitative estimate of drug-likeness (QED) is 0.729. The number of hydrogen-bond donors (Lipinski definition) is 1. The van der Waals surface area contributed by atoms with Crippen LogP contribution in [0.2, 0.25) is 0 Å². The highest BCUT2D eigenvalue weighted by Gasteiger charge is 2.22. The normalized spacial score (nSPS) is 19.2. The average Bonchev–Trinajstić information content (AvgIpc) is 2.07. The van der Waals surface area contributed by atoms with Crippen LogP contribution in [0.25, 0.3) is 0 Å². The first-order chi connectivity index (χ1) is 6.18. The van der Waals surface area contributed by atoms with E-state index >= 15 is 0 Å². The summed E-state index contributed by atoms with van der Waals surface area (Å²) in [5.41, 5.74) is 6.09. The number of fused-ring (bicyclic) bond motifs is 1. The van der Waals surface area contributed by atoms with Crippen molar-refractivity contribution in [2.24, 2.45) is 5.73 Å². The predicted molar refractivity (Wildman–Crippen MR) is 50.6 cm³/mol. The number of ether oxygens (including phenoxy) is 1. The molecule has 1 aliphatic rings. The third kappa shape index (κ3) is 1.81. The lowest BCUT2D eigenvalue weighted by Gasteiger charge is -2.23. The van der Waals surface area contributed by atoms with Crippen LogP contribution in [0.3, 0.4) is 0 Å². The molecule has 2 N–H and O–H groups in total. The van der Waals surface area contributed by atoms with Crippen LogP contribution in [0.4, 0.5) is 8.78 Å². The molecule has 1 aliphatic heterocycles. The summed E-state index contributed by atoms with van der Waals surface area (Å²) in [6.07, 6.45) is 0.593. The van der Waals surface area contributed by atoms with E-state index in [0.717, 1.165) is 6.07 Å². The van der Waals surface area contributed by atoms with Crippen LogP contribution in [0.1, 0.15) is 18.0 Å². The van der Waals surface area contributed by atoms with E-state index in [2.05, 4.69) is 0 Å². The largest absolute Gasteiger partial charge is 0.490 e. The molecule has 0 spiro atoms. The number of rotatable bonds is 0. The van der Waals surface area contributed by atoms with Crippen LogP contribution < -0.4 is 10.5 Å². The molecule has 1 aromatic rings. The van der Waals surface area contributed by atoms with Gasteiger partial charge in [-0.15, -0.1) is 12.4 Å². The standard InChI is InChI=1S/C9H9F2NO.ClH/c10-5-3-6-8(12)1-2-13-9(6)7(11)4-5;/h3-4,8H,1-2,12H2;1H/t8-;/m1./s1. The van der Waals surface area contributed by atoms with Crippen LogP contribution in [0.5, 0.6) is 5.75 Å². The van der Waals surface area contributed by atoms with E-state index in [-0.39, 0.29) is 24.2 Å². The first kappa shape index (κ1) is 11.2. The third-order valence-corrected chi connectivity index (χ3v) is 2.11. The third-order valence-electron chi connectivity index (χ3n) is 2.11. The topological polar surface area (TPSA) is 35.2 Å². The van der Waals surface area contributed by atoms with Crippen molar-refractivity contribution in [2.45, 2.75) is 12.5 Å². The van der Waals surface area contributed by atoms with E-state index < -0.39 is 11.6 Å². The zero-order valence-corrected chi connectivity index (χ0v) is 8.11. The lowest BCUT2D eigenvalue weighted by atomic mass is 10.0. The molecule has 0 aliphatic carbocycles. The van der Waals surface area contributed by atoms with Gasteiger partial charge >= 0.3 is 0 Å². The Kier molecular flexibility index (Phi) is 3.29. The van der Waals surface area contributed by atoms with Crippen molar-refractivity contribution in [3.05, 3.63) is 29.3 Å². The smallest absolute Gasteiger partial charge is 0.168 e. The molecule has 2 rings (SSSR count). The maximum atomic E-state index is 13.1. The number of nitrogens with two attached hydrogens (primary N) is 1. The van der Waals surface area contributed by atoms with Gasteiger partial charge in [0.15, 0.2) is 11.6 Å². The molecule has 0 fully saturated rings. The van der Waals surface area contributed by atoms with Crippen molar-refractivity contribution in [2.75, 3.05) is 6.61 Å². The Bertz CT molecular complexity index is 346. The second-order valence-corrected chi connectivity index (χ2v) is 3.05. The van der Waals surface area contributed by atoms with Gasteiger partial charge in [-0.05, 0) is 6.07 Å². The van der Waals surface area contributed by atoms with Crippen molar-refractivity contribution in [1.29, 1.82) is 0 Å². The second-order valence-electron chi connectivity index (χ2n) is 3.05. The predicted octanol–water partition coefficient (Wildman–Crippen LogP) is 2.17. The van der Waals surface area contributed by atoms with Crippen molar-refractivity contribution >= 4 is 12.4 Å². The molecule has 1 heterocycles. The Labute approximate surface area is 86.5 Å². The fraction of sp³-hybridized carbons (Fsp3) is 0.333. The summed E-state index contributed by atoms with van der Waals surface area (Å²) in [7, 11) is 0. The lowest BCUT2D eigenvalue weighted by Crippen LogP contribution is -2.21. The van der Waals surface area contributed by atoms with Gasteiger partial charge in [-0.3, -0.25) is 0 Å². The molecule has 0 saturated heterocycles. The SMILES string of the molecule is Cl.N[C@@H]1CCOc2c(F)cc(F)cc21. The van der Waals surface area contributed by atoms with Crippen molar-refractivity contribution in [1.82, 2.24) is 0 Å². The van der Waals surface area contributed by atoms with Crippen molar-refractivity contribution < 1.29 is 13.5 Å². The number of halogens is 3. The lowest BCUT2D eigenvalue weighted by molar-refractivity contribution is 0.254. The Balaban J connectivity index is 0.000000980. The molecular weight excluding hydrogens is 212 g/mol. The van der Waals surface area contributed by atoms with E-state index in [1.54, 1.807) is 0 Å². The molecule has 1 atom stereocenters. The van der Waals surface area contributed by atoms with Gasteiger partial charge in [-0.25, -0.2) is 8.78 Å². The van der Waals surface area contributed by atoms with E-state index in [0.29, 0.717) is 18.6 Å². The van der Waals surface area contributed by atoms with Gasteiger partial charge < -0.3 is 10.5 Å². The van der Waals surface area contributed by atoms with E-state index in [9.17, 15) is 8.78 Å². The maximum Gasteiger partial charge on any atom is 0.168 e. The number of hydrogen-bond acceptors (Lipinski definition) is 2. The summed E-state index contributed by atoms with van der Waals surface area (Å²) < 4.78 is 30.9. The van der Waals surface area contributed by atoms with E-state index in [1.165, 1.54) is 6.07 Å². The summed E-state index contributed by atoms with van der Waals surface area (Å²) in [6, 6.07) is 1.70. The van der Waals surface area contributed by atoms with E-state index in [1.807, 2.05) is 0 Å². The minimum atomic E-state index is -0.676. The summed E-state index contributed by atoms with van der Waals surface area (Å²) in [5, 5.41) is 0. The average molecular weight is 222 g/mol. The van der Waals surface area contributed by atoms with Gasteiger partial charge in [0.05, 0.1) is 6.61 Å². The minimum Gasteiger partial charge on any atom is -0.490 e. The van der Waals surface area contributed by atoms with Gasteiger partial charge in [0.1, 0.15) is 5.82 Å². The zero-order chi connectivity index (χ0) is 9.42. The molecule has 0 saturated carbocycles. The molecule has 1 aromatic carbocycles. The summed E-state index contributed by atoms with van der Waals surface area (Å²) in [5.74, 6) is -1.19. The fourth-order valence-corrected chi connectivity index (χ4v) is 1.45. The van der Waals surface area contributed by atoms with Gasteiger partial charge in [0, 0.05) is 24.1 Å². The Morgan fingerprint density at radius 2 is 2.07 bits per heavy atom. The van der Waals surface area contributed by atoms with Crippen LogP contribution in [-0.4, -0.2) is 6.61 Å². The van der Waals surface area contributed by atoms with Crippen LogP contribution in [0, 0.1) is 11.6 Å². The molecule has 2 nitrogen and oxygen atoms in total. The molecule has 0 bridgehead atoms. The summed E-state index contributed by atoms with van der Waals surface area (Å²) >= 11 is 0. The highest BCUT2D eigenvalue weighted by molar-refractivity contribution is 5.85. The Morgan fingerprint density at radius 3 is 2.79 bits per heavy atom. The van der Waals surface area contributed by atoms with Crippen LogP contribution in [0.15, 0.2) is 12.1 Å². The summed E-state index contributed by atoms with van der Waals surface area (Å²) in [4.78, 5) is 0. The van der Waals surface area contributed by atoms with Crippen molar-refractivity contribution in [3.8, 4) is 5.75 Å². The molecule has 0 amide bonds. The van der Waals surface area contributed by atoms with Crippen molar-refractivity contribution in [3.63, 3.8) is 0 Å². The molecule has 14 heavy (non-hydrogen) atoms. The first-order valence-corrected chi connectivity index (χ1v) is 4.06. The molecule has 78 valence electrons. The van der Waals surface area contributed by atoms with Gasteiger partial charge in [-0.2, -0.15) is 0 Å². The maximum absolute atomic E-state index is 13.1. The Hall–Kier alpha value is -0.870. The highest BCUT2D eigenvalue weighted by atomic mass is 35.5. The molecule has 0 unspecified atom stereocenters. The van der Waals surface area contributed by atoms with Crippen LogP contribution in [-0.2, 0) is 0 Å². The van der Waals surface area contributed by atoms with E-state index in [4.69, 9.17) is 10.5 Å². The molecular formula is C9H10ClF2NO. The minimum absolute atomic E-state index is 0. The number of benzene rings is 1. The second kappa shape index (κ2) is 4.11. The Morgan fingerprint density at radius 1 is 1.36 bits per heavy atom. The summed E-state index contributed by atoms with van der Waals surface area (Å²) in [6.45, 7) is 0.386. The highest BCUT2D eigenvalue weighted by Crippen LogP contribution is 2.33. The van der Waals surface area contributed by atoms with Gasteiger partial charge in [0.25, 0.3) is 0 Å². The van der Waals surface area contributed by atoms with Gasteiger partial charge in [0.2, 0.25) is 0 Å². The van der Waals surface area contributed by atoms with Gasteiger partial charge in [-0.1, -0.05) is 0 Å². The fourth-order valence-electron chi connectivity index (χ4n) is 1.45. The molecule has 0 radical (unpaired) electrons.